The number of esters is 1. The van der Waals surface area contributed by atoms with Crippen molar-refractivity contribution in [2.45, 2.75) is 70.1 Å². The summed E-state index contributed by atoms with van der Waals surface area (Å²) in [5.41, 5.74) is 0.323. The first kappa shape index (κ1) is 24.4. The Morgan fingerprint density at radius 2 is 2.08 bits per heavy atom. The van der Waals surface area contributed by atoms with Crippen molar-refractivity contribution in [1.29, 1.82) is 0 Å². The number of ether oxygens (including phenoxy) is 4. The third-order valence-electron chi connectivity index (χ3n) is 7.17. The molecular weight excluding hydrogens is 462 g/mol. The summed E-state index contributed by atoms with van der Waals surface area (Å²) in [5.74, 6) is 1.16. The van der Waals surface area contributed by atoms with Crippen LogP contribution >= 0.6 is 0 Å². The number of hydrogen-bond donors (Lipinski definition) is 1. The minimum absolute atomic E-state index is 0.0295. The lowest BCUT2D eigenvalue weighted by Gasteiger charge is -2.30. The van der Waals surface area contributed by atoms with E-state index in [-0.39, 0.29) is 18.0 Å². The number of carbonyl (C=O) groups excluding carboxylic acids is 2. The molecule has 1 amide bonds. The normalized spacial score (nSPS) is 29.4. The molecule has 5 atom stereocenters. The van der Waals surface area contributed by atoms with Crippen LogP contribution in [0.3, 0.4) is 0 Å². The van der Waals surface area contributed by atoms with Crippen molar-refractivity contribution in [2.24, 2.45) is 5.92 Å². The van der Waals surface area contributed by atoms with Gasteiger partial charge in [-0.05, 0) is 52.3 Å². The van der Waals surface area contributed by atoms with Gasteiger partial charge in [-0.2, -0.15) is 0 Å². The maximum atomic E-state index is 13.2. The third kappa shape index (κ3) is 4.15. The van der Waals surface area contributed by atoms with Gasteiger partial charge >= 0.3 is 12.1 Å². The number of methoxy groups -OCH3 is 1. The lowest BCUT2D eigenvalue weighted by molar-refractivity contribution is -0.145. The number of carbonyl (C=O) groups is 2. The van der Waals surface area contributed by atoms with Crippen LogP contribution in [0, 0.1) is 12.8 Å². The summed E-state index contributed by atoms with van der Waals surface area (Å²) in [5, 5.41) is 4.20. The Morgan fingerprint density at radius 3 is 2.75 bits per heavy atom. The first-order chi connectivity index (χ1) is 17.1. The number of pyridine rings is 1. The fourth-order valence-electron chi connectivity index (χ4n) is 5.26. The highest BCUT2D eigenvalue weighted by molar-refractivity contribution is 5.89. The van der Waals surface area contributed by atoms with E-state index in [0.717, 1.165) is 22.2 Å². The average Bonchev–Trinajstić information content (AvgIpc) is 3.21. The van der Waals surface area contributed by atoms with Crippen molar-refractivity contribution in [3.63, 3.8) is 0 Å². The monoisotopic (exact) mass is 495 g/mol. The fourth-order valence-corrected chi connectivity index (χ4v) is 5.26. The van der Waals surface area contributed by atoms with E-state index >= 15 is 0 Å². The molecule has 3 aliphatic rings. The lowest BCUT2D eigenvalue weighted by atomic mass is 10.1. The molecule has 0 bridgehead atoms. The quantitative estimate of drug-likeness (QED) is 0.495. The van der Waals surface area contributed by atoms with Gasteiger partial charge in [-0.3, -0.25) is 15.2 Å². The van der Waals surface area contributed by atoms with Gasteiger partial charge in [0.15, 0.2) is 6.23 Å². The van der Waals surface area contributed by atoms with Crippen LogP contribution in [0.1, 0.15) is 39.2 Å². The van der Waals surface area contributed by atoms with Gasteiger partial charge < -0.3 is 18.9 Å². The number of aryl methyl sites for hydroxylation is 1. The molecule has 1 aliphatic carbocycles. The molecule has 192 valence electrons. The molecule has 1 N–H and O–H groups in total. The van der Waals surface area contributed by atoms with E-state index in [4.69, 9.17) is 18.9 Å². The second-order valence-corrected chi connectivity index (χ2v) is 10.8. The molecule has 3 heterocycles. The molecule has 0 radical (unpaired) electrons. The van der Waals surface area contributed by atoms with Gasteiger partial charge in [0, 0.05) is 29.5 Å². The molecule has 1 aromatic heterocycles. The van der Waals surface area contributed by atoms with Crippen LogP contribution in [0.25, 0.3) is 10.9 Å². The van der Waals surface area contributed by atoms with Crippen molar-refractivity contribution < 1.29 is 28.5 Å². The van der Waals surface area contributed by atoms with Crippen LogP contribution in [0.5, 0.6) is 11.5 Å². The van der Waals surface area contributed by atoms with Gasteiger partial charge in [-0.25, -0.2) is 9.59 Å². The standard InChI is InChI=1S/C27H33N3O6/c1-7-16-13-27(16)24(31)35-23(29-27)19-12-17(14-30(19)25(32)36-26(3,4)5)34-21-10-11-28-22-15(2)20(33-6)9-8-18(21)22/h7-11,16-17,19,23,29H,1,12-14H2,2-6H3/t16?,17-,19+,23?,27-/m1/s1. The first-order valence-corrected chi connectivity index (χ1v) is 12.3. The highest BCUT2D eigenvalue weighted by atomic mass is 16.6. The molecule has 2 aliphatic heterocycles. The molecule has 5 rings (SSSR count). The van der Waals surface area contributed by atoms with E-state index in [9.17, 15) is 9.59 Å². The molecular formula is C27H33N3O6. The third-order valence-corrected chi connectivity index (χ3v) is 7.17. The largest absolute Gasteiger partial charge is 0.496 e. The van der Waals surface area contributed by atoms with Crippen molar-refractivity contribution >= 4 is 23.0 Å². The predicted molar refractivity (Wildman–Crippen MR) is 133 cm³/mol. The van der Waals surface area contributed by atoms with Gasteiger partial charge in [-0.15, -0.1) is 6.58 Å². The Labute approximate surface area is 210 Å². The van der Waals surface area contributed by atoms with Crippen molar-refractivity contribution in [2.75, 3.05) is 13.7 Å². The zero-order valence-corrected chi connectivity index (χ0v) is 21.4. The van der Waals surface area contributed by atoms with E-state index in [1.54, 1.807) is 24.3 Å². The molecule has 2 unspecified atom stereocenters. The summed E-state index contributed by atoms with van der Waals surface area (Å²) in [6, 6.07) is 5.20. The summed E-state index contributed by atoms with van der Waals surface area (Å²) >= 11 is 0. The second-order valence-electron chi connectivity index (χ2n) is 10.8. The zero-order chi connectivity index (χ0) is 25.8. The number of nitrogens with zero attached hydrogens (tertiary/aromatic N) is 2. The second kappa shape index (κ2) is 8.65. The zero-order valence-electron chi connectivity index (χ0n) is 21.4. The predicted octanol–water partition coefficient (Wildman–Crippen LogP) is 3.73. The number of cyclic esters (lactones) is 1. The molecule has 1 saturated carbocycles. The highest BCUT2D eigenvalue weighted by Gasteiger charge is 2.66. The maximum absolute atomic E-state index is 13.2. The Kier molecular flexibility index (Phi) is 5.86. The molecule has 1 aromatic carbocycles. The van der Waals surface area contributed by atoms with Gasteiger partial charge in [-0.1, -0.05) is 6.08 Å². The molecule has 9 nitrogen and oxygen atoms in total. The number of fused-ring (bicyclic) bond motifs is 1. The first-order valence-electron chi connectivity index (χ1n) is 12.3. The van der Waals surface area contributed by atoms with E-state index in [2.05, 4.69) is 16.9 Å². The summed E-state index contributed by atoms with van der Waals surface area (Å²) in [6.45, 7) is 11.5. The van der Waals surface area contributed by atoms with E-state index in [1.165, 1.54) is 0 Å². The van der Waals surface area contributed by atoms with E-state index in [1.807, 2.05) is 45.9 Å². The van der Waals surface area contributed by atoms with Gasteiger partial charge in [0.05, 0.1) is 25.2 Å². The minimum Gasteiger partial charge on any atom is -0.496 e. The highest BCUT2D eigenvalue weighted by Crippen LogP contribution is 2.49. The van der Waals surface area contributed by atoms with E-state index in [0.29, 0.717) is 25.1 Å². The molecule has 1 spiro atoms. The fraction of sp³-hybridized carbons (Fsp3) is 0.519. The van der Waals surface area contributed by atoms with Gasteiger partial charge in [0.1, 0.15) is 28.7 Å². The summed E-state index contributed by atoms with van der Waals surface area (Å²) in [7, 11) is 1.63. The van der Waals surface area contributed by atoms with Crippen LogP contribution in [0.4, 0.5) is 4.79 Å². The van der Waals surface area contributed by atoms with Crippen LogP contribution in [-0.4, -0.2) is 65.1 Å². The van der Waals surface area contributed by atoms with Gasteiger partial charge in [0.25, 0.3) is 0 Å². The molecule has 2 saturated heterocycles. The van der Waals surface area contributed by atoms with Crippen LogP contribution in [0.2, 0.25) is 0 Å². The van der Waals surface area contributed by atoms with Crippen LogP contribution < -0.4 is 14.8 Å². The summed E-state index contributed by atoms with van der Waals surface area (Å²) in [6.07, 6.45) is 3.15. The molecule has 2 aromatic rings. The minimum atomic E-state index is -0.733. The number of aromatic nitrogens is 1. The number of rotatable bonds is 5. The Bertz CT molecular complexity index is 1220. The maximum Gasteiger partial charge on any atom is 0.410 e. The number of likely N-dealkylation sites (tertiary alicyclic amines) is 1. The van der Waals surface area contributed by atoms with Crippen LogP contribution in [-0.2, 0) is 14.3 Å². The Balaban J connectivity index is 1.40. The average molecular weight is 496 g/mol. The van der Waals surface area contributed by atoms with Gasteiger partial charge in [0.2, 0.25) is 0 Å². The Hall–Kier alpha value is -3.33. The smallest absolute Gasteiger partial charge is 0.410 e. The topological polar surface area (TPSA) is 99.2 Å². The Morgan fingerprint density at radius 1 is 1.31 bits per heavy atom. The summed E-state index contributed by atoms with van der Waals surface area (Å²) in [4.78, 5) is 32.0. The number of hydrogen-bond acceptors (Lipinski definition) is 8. The summed E-state index contributed by atoms with van der Waals surface area (Å²) < 4.78 is 23.3. The number of amides is 1. The van der Waals surface area contributed by atoms with Crippen LogP contribution in [0.15, 0.2) is 37.1 Å². The molecule has 9 heteroatoms. The molecule has 36 heavy (non-hydrogen) atoms. The number of nitrogens with one attached hydrogen (secondary N) is 1. The van der Waals surface area contributed by atoms with Crippen molar-refractivity contribution in [3.05, 3.63) is 42.6 Å². The molecule has 3 fully saturated rings. The van der Waals surface area contributed by atoms with Crippen molar-refractivity contribution in [3.8, 4) is 11.5 Å². The van der Waals surface area contributed by atoms with E-state index < -0.39 is 29.5 Å². The number of benzene rings is 1. The van der Waals surface area contributed by atoms with Crippen molar-refractivity contribution in [1.82, 2.24) is 15.2 Å². The lowest BCUT2D eigenvalue weighted by Crippen LogP contribution is -2.50. The SMILES string of the molecule is C=CC1C[C@@]12NC([C@@H]1C[C@@H](Oc3ccnc4c(C)c(OC)ccc34)CN1C(=O)OC(C)(C)C)OC2=O.